The molecule has 6 nitrogen and oxygen atoms in total. The second-order valence-corrected chi connectivity index (χ2v) is 5.19. The summed E-state index contributed by atoms with van der Waals surface area (Å²) >= 11 is 0. The van der Waals surface area contributed by atoms with Gasteiger partial charge in [-0.2, -0.15) is 5.10 Å². The topological polar surface area (TPSA) is 95.8 Å². The maximum atomic E-state index is 12.1. The zero-order chi connectivity index (χ0) is 18.2. The molecule has 0 aromatic heterocycles. The Balaban J connectivity index is 2.09. The van der Waals surface area contributed by atoms with E-state index in [1.165, 1.54) is 0 Å². The standard InChI is InChI=1S/C19H16N2O4/c1-13-7-9-15(10-8-13)17(22)11-16(19(24)25)21-20-12-18(23)14-5-3-2-4-6-14/h2-12,21H,1H3,(H,24,25). The van der Waals surface area contributed by atoms with Gasteiger partial charge < -0.3 is 5.11 Å². The average molecular weight is 336 g/mol. The number of aryl methyl sites for hydroxylation is 1. The number of rotatable bonds is 7. The van der Waals surface area contributed by atoms with Crippen LogP contribution in [-0.4, -0.2) is 28.9 Å². The number of Topliss-reactive ketones (excluding diaryl/α,β-unsaturated/α-hetero) is 1. The summed E-state index contributed by atoms with van der Waals surface area (Å²) in [4.78, 5) is 35.2. The zero-order valence-electron chi connectivity index (χ0n) is 13.5. The lowest BCUT2D eigenvalue weighted by molar-refractivity contribution is -0.133. The maximum absolute atomic E-state index is 12.1. The Labute approximate surface area is 144 Å². The van der Waals surface area contributed by atoms with Crippen molar-refractivity contribution >= 4 is 23.8 Å². The molecule has 2 aromatic rings. The number of benzene rings is 2. The number of carboxylic acid groups (broad SMARTS) is 1. The Kier molecular flexibility index (Phi) is 5.95. The highest BCUT2D eigenvalue weighted by molar-refractivity contribution is 6.35. The SMILES string of the molecule is Cc1ccc(C(=O)C=C(NN=CC(=O)c2ccccc2)C(=O)O)cc1. The normalized spacial score (nSPS) is 11.3. The van der Waals surface area contributed by atoms with Gasteiger partial charge in [0, 0.05) is 17.2 Å². The summed E-state index contributed by atoms with van der Waals surface area (Å²) in [5.41, 5.74) is 3.56. The smallest absolute Gasteiger partial charge is 0.353 e. The van der Waals surface area contributed by atoms with Gasteiger partial charge >= 0.3 is 5.97 Å². The van der Waals surface area contributed by atoms with Crippen molar-refractivity contribution in [3.05, 3.63) is 83.1 Å². The molecule has 0 fully saturated rings. The zero-order valence-corrected chi connectivity index (χ0v) is 13.5. The van der Waals surface area contributed by atoms with E-state index in [4.69, 9.17) is 5.11 Å². The second kappa shape index (κ2) is 8.35. The van der Waals surface area contributed by atoms with Crippen LogP contribution >= 0.6 is 0 Å². The quantitative estimate of drug-likeness (QED) is 0.351. The van der Waals surface area contributed by atoms with Crippen molar-refractivity contribution in [3.63, 3.8) is 0 Å². The number of hydrogen-bond donors (Lipinski definition) is 2. The molecule has 0 aliphatic rings. The van der Waals surface area contributed by atoms with Gasteiger partial charge in [-0.15, -0.1) is 0 Å². The van der Waals surface area contributed by atoms with E-state index < -0.39 is 17.4 Å². The number of carbonyl (C=O) groups is 3. The molecule has 0 aliphatic carbocycles. The number of carboxylic acids is 1. The van der Waals surface area contributed by atoms with Gasteiger partial charge in [0.2, 0.25) is 5.78 Å². The molecule has 0 saturated heterocycles. The fourth-order valence-corrected chi connectivity index (χ4v) is 1.91. The number of ketones is 2. The van der Waals surface area contributed by atoms with Crippen LogP contribution in [0.15, 0.2) is 71.5 Å². The highest BCUT2D eigenvalue weighted by atomic mass is 16.4. The minimum absolute atomic E-state index is 0.357. The number of nitrogens with zero attached hydrogens (tertiary/aromatic N) is 1. The number of hydrazone groups is 1. The van der Waals surface area contributed by atoms with Crippen LogP contribution in [0, 0.1) is 6.92 Å². The van der Waals surface area contributed by atoms with Crippen LogP contribution in [0.4, 0.5) is 0 Å². The molecular formula is C19H16N2O4. The van der Waals surface area contributed by atoms with Gasteiger partial charge in [-0.25, -0.2) is 4.79 Å². The van der Waals surface area contributed by atoms with Crippen LogP contribution in [0.1, 0.15) is 26.3 Å². The first-order valence-corrected chi connectivity index (χ1v) is 7.42. The summed E-state index contributed by atoms with van der Waals surface area (Å²) in [7, 11) is 0. The average Bonchev–Trinajstić information content (AvgIpc) is 2.61. The van der Waals surface area contributed by atoms with Gasteiger partial charge in [-0.05, 0) is 6.92 Å². The van der Waals surface area contributed by atoms with Crippen LogP contribution in [0.25, 0.3) is 0 Å². The molecule has 2 N–H and O–H groups in total. The molecule has 0 spiro atoms. The molecule has 126 valence electrons. The number of carbonyl (C=O) groups excluding carboxylic acids is 2. The Morgan fingerprint density at radius 2 is 1.52 bits per heavy atom. The fraction of sp³-hybridized carbons (Fsp3) is 0.0526. The van der Waals surface area contributed by atoms with Crippen molar-refractivity contribution in [2.45, 2.75) is 6.92 Å². The van der Waals surface area contributed by atoms with Crippen LogP contribution < -0.4 is 5.43 Å². The van der Waals surface area contributed by atoms with Crippen LogP contribution in [0.5, 0.6) is 0 Å². The Morgan fingerprint density at radius 1 is 0.920 bits per heavy atom. The van der Waals surface area contributed by atoms with Crippen molar-refractivity contribution in [1.29, 1.82) is 0 Å². The summed E-state index contributed by atoms with van der Waals surface area (Å²) in [5, 5.41) is 12.8. The van der Waals surface area contributed by atoms with Gasteiger partial charge in [0.25, 0.3) is 0 Å². The third kappa shape index (κ3) is 5.24. The molecule has 6 heteroatoms. The van der Waals surface area contributed by atoms with Gasteiger partial charge in [0.15, 0.2) is 5.78 Å². The third-order valence-corrected chi connectivity index (χ3v) is 3.27. The summed E-state index contributed by atoms with van der Waals surface area (Å²) < 4.78 is 0. The summed E-state index contributed by atoms with van der Waals surface area (Å²) in [6, 6.07) is 15.1. The van der Waals surface area contributed by atoms with Crippen molar-refractivity contribution < 1.29 is 19.5 Å². The monoisotopic (exact) mass is 336 g/mol. The molecule has 0 atom stereocenters. The minimum Gasteiger partial charge on any atom is -0.477 e. The van der Waals surface area contributed by atoms with E-state index in [0.29, 0.717) is 11.1 Å². The molecule has 0 unspecified atom stereocenters. The van der Waals surface area contributed by atoms with Gasteiger partial charge in [0.05, 0.1) is 6.21 Å². The first-order chi connectivity index (χ1) is 12.0. The van der Waals surface area contributed by atoms with Crippen molar-refractivity contribution in [2.24, 2.45) is 5.10 Å². The van der Waals surface area contributed by atoms with Gasteiger partial charge in [-0.3, -0.25) is 15.0 Å². The Hall–Kier alpha value is -3.54. The van der Waals surface area contributed by atoms with Crippen molar-refractivity contribution in [1.82, 2.24) is 5.43 Å². The molecule has 0 heterocycles. The highest BCUT2D eigenvalue weighted by Gasteiger charge is 2.11. The minimum atomic E-state index is -1.36. The van der Waals surface area contributed by atoms with Gasteiger partial charge in [-0.1, -0.05) is 60.2 Å². The molecule has 0 saturated carbocycles. The Morgan fingerprint density at radius 3 is 2.12 bits per heavy atom. The van der Waals surface area contributed by atoms with Crippen molar-refractivity contribution in [3.8, 4) is 0 Å². The van der Waals surface area contributed by atoms with E-state index in [-0.39, 0.29) is 5.78 Å². The lowest BCUT2D eigenvalue weighted by atomic mass is 10.1. The molecule has 25 heavy (non-hydrogen) atoms. The van der Waals surface area contributed by atoms with Crippen LogP contribution in [0.3, 0.4) is 0 Å². The molecule has 0 radical (unpaired) electrons. The number of hydrogen-bond acceptors (Lipinski definition) is 5. The Bertz CT molecular complexity index is 837. The first kappa shape index (κ1) is 17.8. The van der Waals surface area contributed by atoms with E-state index in [2.05, 4.69) is 10.5 Å². The summed E-state index contributed by atoms with van der Waals surface area (Å²) in [5.74, 6) is -2.22. The predicted molar refractivity (Wildman–Crippen MR) is 93.6 cm³/mol. The molecule has 0 aliphatic heterocycles. The lowest BCUT2D eigenvalue weighted by Gasteiger charge is -2.02. The molecule has 0 amide bonds. The van der Waals surface area contributed by atoms with E-state index in [0.717, 1.165) is 17.9 Å². The maximum Gasteiger partial charge on any atom is 0.353 e. The first-order valence-electron chi connectivity index (χ1n) is 7.42. The largest absolute Gasteiger partial charge is 0.477 e. The number of nitrogens with one attached hydrogen (secondary N) is 1. The molecule has 0 bridgehead atoms. The molecule has 2 aromatic carbocycles. The summed E-state index contributed by atoms with van der Waals surface area (Å²) in [6.07, 6.45) is 1.89. The van der Waals surface area contributed by atoms with E-state index in [1.807, 2.05) is 6.92 Å². The van der Waals surface area contributed by atoms with Crippen LogP contribution in [0.2, 0.25) is 0 Å². The number of allylic oxidation sites excluding steroid dienone is 1. The summed E-state index contributed by atoms with van der Waals surface area (Å²) in [6.45, 7) is 1.88. The second-order valence-electron chi connectivity index (χ2n) is 5.19. The molecular weight excluding hydrogens is 320 g/mol. The molecule has 2 rings (SSSR count). The third-order valence-electron chi connectivity index (χ3n) is 3.27. The fourth-order valence-electron chi connectivity index (χ4n) is 1.91. The van der Waals surface area contributed by atoms with Crippen LogP contribution in [-0.2, 0) is 4.79 Å². The van der Waals surface area contributed by atoms with E-state index in [1.54, 1.807) is 54.6 Å². The number of aliphatic carboxylic acids is 1. The van der Waals surface area contributed by atoms with Crippen molar-refractivity contribution in [2.75, 3.05) is 0 Å². The highest BCUT2D eigenvalue weighted by Crippen LogP contribution is 2.06. The van der Waals surface area contributed by atoms with E-state index >= 15 is 0 Å². The van der Waals surface area contributed by atoms with Gasteiger partial charge in [0.1, 0.15) is 5.70 Å². The van der Waals surface area contributed by atoms with E-state index in [9.17, 15) is 14.4 Å². The lowest BCUT2D eigenvalue weighted by Crippen LogP contribution is -2.18. The predicted octanol–water partition coefficient (Wildman–Crippen LogP) is 2.60.